The van der Waals surface area contributed by atoms with Gasteiger partial charge in [-0.05, 0) is 37.5 Å². The summed E-state index contributed by atoms with van der Waals surface area (Å²) < 4.78 is 0. The second-order valence-electron chi connectivity index (χ2n) is 4.99. The highest BCUT2D eigenvalue weighted by molar-refractivity contribution is 5.49. The molecule has 0 radical (unpaired) electrons. The third-order valence-corrected chi connectivity index (χ3v) is 3.78. The minimum atomic E-state index is 0.356. The van der Waals surface area contributed by atoms with Gasteiger partial charge in [-0.15, -0.1) is 0 Å². The first-order valence-electron chi connectivity index (χ1n) is 5.85. The van der Waals surface area contributed by atoms with Crippen molar-refractivity contribution in [3.63, 3.8) is 0 Å². The molecule has 0 saturated heterocycles. The number of aldehydes is 1. The summed E-state index contributed by atoms with van der Waals surface area (Å²) >= 11 is 0. The third-order valence-electron chi connectivity index (χ3n) is 3.78. The summed E-state index contributed by atoms with van der Waals surface area (Å²) in [6.45, 7) is 6.89. The molecule has 0 heterocycles. The van der Waals surface area contributed by atoms with E-state index in [1.807, 2.05) is 0 Å². The van der Waals surface area contributed by atoms with E-state index >= 15 is 0 Å². The van der Waals surface area contributed by atoms with Gasteiger partial charge < -0.3 is 4.79 Å². The number of rotatable bonds is 5. The molecule has 0 aromatic heterocycles. The number of allylic oxidation sites excluding steroid dienone is 4. The average molecular weight is 206 g/mol. The molecular formula is C14H22O. The van der Waals surface area contributed by atoms with E-state index in [0.29, 0.717) is 11.8 Å². The van der Waals surface area contributed by atoms with Gasteiger partial charge in [-0.25, -0.2) is 0 Å². The van der Waals surface area contributed by atoms with Crippen molar-refractivity contribution in [2.45, 2.75) is 46.5 Å². The Bertz CT molecular complexity index is 271. The smallest absolute Gasteiger partial charge is 0.120 e. The summed E-state index contributed by atoms with van der Waals surface area (Å²) in [4.78, 5) is 10.1. The molecule has 0 amide bonds. The van der Waals surface area contributed by atoms with E-state index in [4.69, 9.17) is 0 Å². The standard InChI is InChI=1S/C14H22O/c1-12-9-10-13(14(12,2)3)8-6-4-5-7-11-15/h4,6,9,11,13H,5,7-8,10H2,1-3H3/b6-4-/t13-/m1/s1. The minimum Gasteiger partial charge on any atom is -0.303 e. The van der Waals surface area contributed by atoms with Gasteiger partial charge in [0.05, 0.1) is 0 Å². The Hall–Kier alpha value is -0.850. The summed E-state index contributed by atoms with van der Waals surface area (Å²) in [6.07, 6.45) is 11.6. The third kappa shape index (κ3) is 3.05. The summed E-state index contributed by atoms with van der Waals surface area (Å²) in [5.74, 6) is 0.741. The highest BCUT2D eigenvalue weighted by Crippen LogP contribution is 2.44. The average Bonchev–Trinajstić information content (AvgIpc) is 2.44. The molecule has 0 aromatic rings. The van der Waals surface area contributed by atoms with E-state index in [1.54, 1.807) is 0 Å². The number of carbonyl (C=O) groups excluding carboxylic acids is 1. The second-order valence-corrected chi connectivity index (χ2v) is 4.99. The van der Waals surface area contributed by atoms with Crippen LogP contribution in [0.15, 0.2) is 23.8 Å². The first-order valence-corrected chi connectivity index (χ1v) is 5.85. The molecule has 0 aromatic carbocycles. The molecular weight excluding hydrogens is 184 g/mol. The lowest BCUT2D eigenvalue weighted by Gasteiger charge is -2.28. The number of carbonyl (C=O) groups is 1. The van der Waals surface area contributed by atoms with Gasteiger partial charge in [-0.2, -0.15) is 0 Å². The molecule has 0 N–H and O–H groups in total. The fourth-order valence-electron chi connectivity index (χ4n) is 2.13. The molecule has 1 atom stereocenters. The second kappa shape index (κ2) is 5.29. The normalized spacial score (nSPS) is 24.5. The van der Waals surface area contributed by atoms with Gasteiger partial charge in [0, 0.05) is 6.42 Å². The van der Waals surface area contributed by atoms with Gasteiger partial charge >= 0.3 is 0 Å². The van der Waals surface area contributed by atoms with Gasteiger partial charge in [-0.1, -0.05) is 37.6 Å². The van der Waals surface area contributed by atoms with Crippen molar-refractivity contribution in [3.8, 4) is 0 Å². The van der Waals surface area contributed by atoms with Gasteiger partial charge in [0.1, 0.15) is 6.29 Å². The van der Waals surface area contributed by atoms with Gasteiger partial charge in [-0.3, -0.25) is 0 Å². The van der Waals surface area contributed by atoms with E-state index in [9.17, 15) is 4.79 Å². The Morgan fingerprint density at radius 1 is 1.40 bits per heavy atom. The highest BCUT2D eigenvalue weighted by atomic mass is 16.1. The summed E-state index contributed by atoms with van der Waals surface area (Å²) in [5.41, 5.74) is 1.88. The van der Waals surface area contributed by atoms with Crippen molar-refractivity contribution in [3.05, 3.63) is 23.8 Å². The van der Waals surface area contributed by atoms with Gasteiger partial charge in [0.25, 0.3) is 0 Å². The minimum absolute atomic E-state index is 0.356. The van der Waals surface area contributed by atoms with Crippen molar-refractivity contribution < 1.29 is 4.79 Å². The maximum absolute atomic E-state index is 10.1. The summed E-state index contributed by atoms with van der Waals surface area (Å²) in [6, 6.07) is 0. The molecule has 1 aliphatic rings. The fraction of sp³-hybridized carbons (Fsp3) is 0.643. The molecule has 0 spiro atoms. The zero-order chi connectivity index (χ0) is 11.3. The van der Waals surface area contributed by atoms with Crippen LogP contribution in [0.1, 0.15) is 46.5 Å². The zero-order valence-electron chi connectivity index (χ0n) is 10.1. The number of unbranched alkanes of at least 4 members (excludes halogenated alkanes) is 1. The fourth-order valence-corrected chi connectivity index (χ4v) is 2.13. The van der Waals surface area contributed by atoms with Crippen LogP contribution in [0.3, 0.4) is 0 Å². The van der Waals surface area contributed by atoms with Gasteiger partial charge in [0.15, 0.2) is 0 Å². The Morgan fingerprint density at radius 3 is 2.67 bits per heavy atom. The topological polar surface area (TPSA) is 17.1 Å². The quantitative estimate of drug-likeness (QED) is 0.379. The lowest BCUT2D eigenvalue weighted by molar-refractivity contribution is -0.107. The molecule has 0 fully saturated rings. The van der Waals surface area contributed by atoms with Crippen LogP contribution < -0.4 is 0 Å². The molecule has 15 heavy (non-hydrogen) atoms. The maximum Gasteiger partial charge on any atom is 0.120 e. The zero-order valence-corrected chi connectivity index (χ0v) is 10.1. The molecule has 0 bridgehead atoms. The highest BCUT2D eigenvalue weighted by Gasteiger charge is 2.33. The lowest BCUT2D eigenvalue weighted by Crippen LogP contribution is -2.19. The van der Waals surface area contributed by atoms with Crippen molar-refractivity contribution in [1.29, 1.82) is 0 Å². The summed E-state index contributed by atoms with van der Waals surface area (Å²) in [7, 11) is 0. The van der Waals surface area contributed by atoms with E-state index in [2.05, 4.69) is 39.0 Å². The van der Waals surface area contributed by atoms with Crippen LogP contribution in [0, 0.1) is 11.3 Å². The van der Waals surface area contributed by atoms with Crippen LogP contribution in [0.25, 0.3) is 0 Å². The number of hydrogen-bond acceptors (Lipinski definition) is 1. The molecule has 0 saturated carbocycles. The predicted octanol–water partition coefficient (Wildman–Crippen LogP) is 3.90. The van der Waals surface area contributed by atoms with Crippen molar-refractivity contribution in [1.82, 2.24) is 0 Å². The van der Waals surface area contributed by atoms with E-state index in [0.717, 1.165) is 25.0 Å². The predicted molar refractivity (Wildman–Crippen MR) is 64.7 cm³/mol. The first-order chi connectivity index (χ1) is 7.09. The summed E-state index contributed by atoms with van der Waals surface area (Å²) in [5, 5.41) is 0. The van der Waals surface area contributed by atoms with E-state index in [-0.39, 0.29) is 0 Å². The lowest BCUT2D eigenvalue weighted by atomic mass is 9.76. The monoisotopic (exact) mass is 206 g/mol. The Kier molecular flexibility index (Phi) is 4.31. The van der Waals surface area contributed by atoms with Crippen LogP contribution in [0.4, 0.5) is 0 Å². The molecule has 1 nitrogen and oxygen atoms in total. The molecule has 1 rings (SSSR count). The van der Waals surface area contributed by atoms with Crippen LogP contribution in [-0.2, 0) is 4.79 Å². The van der Waals surface area contributed by atoms with Crippen molar-refractivity contribution in [2.75, 3.05) is 0 Å². The molecule has 0 aliphatic heterocycles. The van der Waals surface area contributed by atoms with E-state index < -0.39 is 0 Å². The van der Waals surface area contributed by atoms with Crippen LogP contribution in [-0.4, -0.2) is 6.29 Å². The van der Waals surface area contributed by atoms with E-state index in [1.165, 1.54) is 12.0 Å². The first kappa shape index (κ1) is 12.2. The molecule has 1 aliphatic carbocycles. The Labute approximate surface area is 93.3 Å². The molecule has 84 valence electrons. The number of hydrogen-bond donors (Lipinski definition) is 0. The molecule has 0 unspecified atom stereocenters. The van der Waals surface area contributed by atoms with Crippen LogP contribution >= 0.6 is 0 Å². The Morgan fingerprint density at radius 2 is 2.13 bits per heavy atom. The molecule has 1 heteroatoms. The van der Waals surface area contributed by atoms with Crippen molar-refractivity contribution in [2.24, 2.45) is 11.3 Å². The van der Waals surface area contributed by atoms with Gasteiger partial charge in [0.2, 0.25) is 0 Å². The SMILES string of the molecule is CC1=CC[C@@H](C/C=C\CCC=O)C1(C)C. The largest absolute Gasteiger partial charge is 0.303 e. The van der Waals surface area contributed by atoms with Crippen molar-refractivity contribution >= 4 is 6.29 Å². The van der Waals surface area contributed by atoms with Crippen LogP contribution in [0.2, 0.25) is 0 Å². The Balaban J connectivity index is 2.35. The maximum atomic E-state index is 10.1. The van der Waals surface area contributed by atoms with Crippen LogP contribution in [0.5, 0.6) is 0 Å².